The van der Waals surface area contributed by atoms with Gasteiger partial charge in [-0.25, -0.2) is 0 Å². The standard InChI is InChI=1S/C29H41N3O2/c1-6-26(23-10-8-7-9-11-23)28(34)30-24-12-14-25(15-13-24)31-16-18-32(19-17-31)27(33)20-22(2)21-29(3,4)5/h7-15,22,26H,6,16-21H2,1-5H3,(H,30,34). The molecule has 2 aromatic carbocycles. The average Bonchev–Trinajstić information content (AvgIpc) is 2.79. The molecule has 2 unspecified atom stereocenters. The summed E-state index contributed by atoms with van der Waals surface area (Å²) in [6.45, 7) is 14.1. The third-order valence-electron chi connectivity index (χ3n) is 6.54. The van der Waals surface area contributed by atoms with E-state index in [1.54, 1.807) is 0 Å². The summed E-state index contributed by atoms with van der Waals surface area (Å²) in [5.74, 6) is 0.549. The Morgan fingerprint density at radius 2 is 1.56 bits per heavy atom. The molecule has 2 atom stereocenters. The van der Waals surface area contributed by atoms with Gasteiger partial charge >= 0.3 is 0 Å². The lowest BCUT2D eigenvalue weighted by Gasteiger charge is -2.37. The van der Waals surface area contributed by atoms with Gasteiger partial charge < -0.3 is 15.1 Å². The molecule has 2 amide bonds. The first kappa shape index (κ1) is 25.8. The van der Waals surface area contributed by atoms with Crippen LogP contribution >= 0.6 is 0 Å². The van der Waals surface area contributed by atoms with Crippen LogP contribution in [0, 0.1) is 11.3 Å². The molecule has 1 aliphatic heterocycles. The second-order valence-corrected chi connectivity index (χ2v) is 10.8. The van der Waals surface area contributed by atoms with Gasteiger partial charge in [-0.2, -0.15) is 0 Å². The van der Waals surface area contributed by atoms with E-state index in [-0.39, 0.29) is 23.1 Å². The van der Waals surface area contributed by atoms with Crippen molar-refractivity contribution in [1.29, 1.82) is 0 Å². The SMILES string of the molecule is CCC(C(=O)Nc1ccc(N2CCN(C(=O)CC(C)CC(C)(C)C)CC2)cc1)c1ccccc1. The molecular formula is C29H41N3O2. The molecule has 34 heavy (non-hydrogen) atoms. The molecule has 0 bridgehead atoms. The minimum atomic E-state index is -0.155. The minimum Gasteiger partial charge on any atom is -0.368 e. The molecule has 1 aliphatic rings. The molecule has 5 nitrogen and oxygen atoms in total. The van der Waals surface area contributed by atoms with E-state index in [9.17, 15) is 9.59 Å². The summed E-state index contributed by atoms with van der Waals surface area (Å²) in [5.41, 5.74) is 3.23. The number of hydrogen-bond acceptors (Lipinski definition) is 3. The number of amides is 2. The molecule has 2 aromatic rings. The van der Waals surface area contributed by atoms with Crippen molar-refractivity contribution in [3.05, 3.63) is 60.2 Å². The fourth-order valence-electron chi connectivity index (χ4n) is 5.00. The van der Waals surface area contributed by atoms with Crippen LogP contribution in [0.1, 0.15) is 65.4 Å². The van der Waals surface area contributed by atoms with E-state index in [2.05, 4.69) is 50.0 Å². The Hall–Kier alpha value is -2.82. The molecule has 1 N–H and O–H groups in total. The zero-order chi connectivity index (χ0) is 24.7. The zero-order valence-electron chi connectivity index (χ0n) is 21.5. The van der Waals surface area contributed by atoms with Crippen molar-refractivity contribution in [2.45, 2.75) is 59.8 Å². The van der Waals surface area contributed by atoms with E-state index >= 15 is 0 Å². The summed E-state index contributed by atoms with van der Waals surface area (Å²) in [6, 6.07) is 18.0. The molecule has 1 fully saturated rings. The number of benzene rings is 2. The van der Waals surface area contributed by atoms with Gasteiger partial charge in [-0.05, 0) is 54.0 Å². The summed E-state index contributed by atoms with van der Waals surface area (Å²) < 4.78 is 0. The van der Waals surface area contributed by atoms with Gasteiger partial charge in [-0.15, -0.1) is 0 Å². The fraction of sp³-hybridized carbons (Fsp3) is 0.517. The highest BCUT2D eigenvalue weighted by atomic mass is 16.2. The summed E-state index contributed by atoms with van der Waals surface area (Å²) >= 11 is 0. The van der Waals surface area contributed by atoms with Crippen LogP contribution in [0.4, 0.5) is 11.4 Å². The van der Waals surface area contributed by atoms with Gasteiger partial charge in [-0.1, -0.05) is 65.0 Å². The van der Waals surface area contributed by atoms with Crippen molar-refractivity contribution in [3.8, 4) is 0 Å². The van der Waals surface area contributed by atoms with Crippen LogP contribution in [0.5, 0.6) is 0 Å². The van der Waals surface area contributed by atoms with Gasteiger partial charge in [0.1, 0.15) is 0 Å². The molecule has 1 heterocycles. The van der Waals surface area contributed by atoms with Crippen molar-refractivity contribution in [2.24, 2.45) is 11.3 Å². The van der Waals surface area contributed by atoms with Crippen molar-refractivity contribution in [2.75, 3.05) is 36.4 Å². The maximum atomic E-state index is 12.8. The quantitative estimate of drug-likeness (QED) is 0.528. The van der Waals surface area contributed by atoms with Crippen LogP contribution in [0.25, 0.3) is 0 Å². The Balaban J connectivity index is 1.50. The summed E-state index contributed by atoms with van der Waals surface area (Å²) in [4.78, 5) is 29.9. The number of piperazine rings is 1. The van der Waals surface area contributed by atoms with Crippen LogP contribution in [-0.4, -0.2) is 42.9 Å². The maximum absolute atomic E-state index is 12.8. The van der Waals surface area contributed by atoms with Crippen molar-refractivity contribution in [1.82, 2.24) is 4.90 Å². The molecule has 3 rings (SSSR count). The Morgan fingerprint density at radius 1 is 0.941 bits per heavy atom. The number of carbonyl (C=O) groups is 2. The molecule has 0 aromatic heterocycles. The Labute approximate surface area is 205 Å². The number of nitrogens with zero attached hydrogens (tertiary/aromatic N) is 2. The molecule has 0 saturated carbocycles. The molecular weight excluding hydrogens is 422 g/mol. The third kappa shape index (κ3) is 7.34. The van der Waals surface area contributed by atoms with Crippen LogP contribution in [-0.2, 0) is 9.59 Å². The molecule has 0 aliphatic carbocycles. The molecule has 1 saturated heterocycles. The van der Waals surface area contributed by atoms with Gasteiger partial charge in [0.15, 0.2) is 0 Å². The third-order valence-corrected chi connectivity index (χ3v) is 6.54. The fourth-order valence-corrected chi connectivity index (χ4v) is 5.00. The Kier molecular flexibility index (Phi) is 8.76. The smallest absolute Gasteiger partial charge is 0.231 e. The predicted octanol–water partition coefficient (Wildman–Crippen LogP) is 5.93. The lowest BCUT2D eigenvalue weighted by Crippen LogP contribution is -2.49. The lowest BCUT2D eigenvalue weighted by atomic mass is 9.84. The number of anilines is 2. The van der Waals surface area contributed by atoms with E-state index < -0.39 is 0 Å². The summed E-state index contributed by atoms with van der Waals surface area (Å²) in [7, 11) is 0. The Bertz CT molecular complexity index is 926. The van der Waals surface area contributed by atoms with Gasteiger partial charge in [0, 0.05) is 44.0 Å². The Morgan fingerprint density at radius 3 is 2.12 bits per heavy atom. The largest absolute Gasteiger partial charge is 0.368 e. The lowest BCUT2D eigenvalue weighted by molar-refractivity contribution is -0.132. The zero-order valence-corrected chi connectivity index (χ0v) is 21.5. The summed E-state index contributed by atoms with van der Waals surface area (Å²) in [5, 5.41) is 3.07. The second kappa shape index (κ2) is 11.5. The topological polar surface area (TPSA) is 52.7 Å². The van der Waals surface area contributed by atoms with E-state index in [1.165, 1.54) is 0 Å². The van der Waals surface area contributed by atoms with E-state index in [1.807, 2.05) is 54.3 Å². The van der Waals surface area contributed by atoms with Gasteiger partial charge in [0.25, 0.3) is 0 Å². The molecule has 0 radical (unpaired) electrons. The van der Waals surface area contributed by atoms with E-state index in [0.29, 0.717) is 12.3 Å². The monoisotopic (exact) mass is 463 g/mol. The van der Waals surface area contributed by atoms with E-state index in [0.717, 1.165) is 56.0 Å². The number of nitrogens with one attached hydrogen (secondary N) is 1. The van der Waals surface area contributed by atoms with Crippen LogP contribution < -0.4 is 10.2 Å². The van der Waals surface area contributed by atoms with Crippen LogP contribution in [0.2, 0.25) is 0 Å². The van der Waals surface area contributed by atoms with Crippen molar-refractivity contribution in [3.63, 3.8) is 0 Å². The minimum absolute atomic E-state index is 0.0225. The number of rotatable bonds is 8. The molecule has 184 valence electrons. The molecule has 5 heteroatoms. The first-order valence-corrected chi connectivity index (χ1v) is 12.6. The maximum Gasteiger partial charge on any atom is 0.231 e. The first-order valence-electron chi connectivity index (χ1n) is 12.6. The highest BCUT2D eigenvalue weighted by Gasteiger charge is 2.24. The van der Waals surface area contributed by atoms with Crippen molar-refractivity contribution < 1.29 is 9.59 Å². The predicted molar refractivity (Wildman–Crippen MR) is 141 cm³/mol. The van der Waals surface area contributed by atoms with Gasteiger partial charge in [0.05, 0.1) is 5.92 Å². The highest BCUT2D eigenvalue weighted by Crippen LogP contribution is 2.27. The molecule has 0 spiro atoms. The van der Waals surface area contributed by atoms with Crippen molar-refractivity contribution >= 4 is 23.2 Å². The second-order valence-electron chi connectivity index (χ2n) is 10.8. The summed E-state index contributed by atoms with van der Waals surface area (Å²) in [6.07, 6.45) is 2.45. The number of carbonyl (C=O) groups excluding carboxylic acids is 2. The first-order chi connectivity index (χ1) is 16.2. The van der Waals surface area contributed by atoms with Crippen LogP contribution in [0.15, 0.2) is 54.6 Å². The van der Waals surface area contributed by atoms with E-state index in [4.69, 9.17) is 0 Å². The van der Waals surface area contributed by atoms with Gasteiger partial charge in [0.2, 0.25) is 11.8 Å². The highest BCUT2D eigenvalue weighted by molar-refractivity contribution is 5.96. The normalized spacial score (nSPS) is 16.1. The van der Waals surface area contributed by atoms with Crippen LogP contribution in [0.3, 0.4) is 0 Å². The number of hydrogen-bond donors (Lipinski definition) is 1. The van der Waals surface area contributed by atoms with Gasteiger partial charge in [-0.3, -0.25) is 9.59 Å². The average molecular weight is 464 g/mol.